The van der Waals surface area contributed by atoms with Crippen LogP contribution in [0.15, 0.2) is 30.3 Å². The molecule has 0 saturated heterocycles. The van der Waals surface area contributed by atoms with Gasteiger partial charge in [-0.15, -0.1) is 0 Å². The van der Waals surface area contributed by atoms with E-state index in [2.05, 4.69) is 15.7 Å². The van der Waals surface area contributed by atoms with Crippen LogP contribution in [0.2, 0.25) is 0 Å². The normalized spacial score (nSPS) is 10.2. The molecule has 0 aliphatic rings. The quantitative estimate of drug-likeness (QED) is 0.751. The Morgan fingerprint density at radius 2 is 1.85 bits per heavy atom. The summed E-state index contributed by atoms with van der Waals surface area (Å²) in [5.74, 6) is -0.626. The number of ether oxygens (including phenoxy) is 1. The number of carbonyl (C=O) groups is 3. The number of nitrogens with one attached hydrogen (secondary N) is 2. The van der Waals surface area contributed by atoms with Crippen LogP contribution in [0.5, 0.6) is 0 Å². The third kappa shape index (κ3) is 5.06. The molecule has 2 N–H and O–H groups in total. The van der Waals surface area contributed by atoms with E-state index in [4.69, 9.17) is 4.74 Å². The molecular formula is C18H23N5O4. The van der Waals surface area contributed by atoms with Crippen molar-refractivity contribution in [3.63, 3.8) is 0 Å². The Labute approximate surface area is 157 Å². The SMILES string of the molecule is CCOC(=O)Cc1nc(C(=O)N(C)C)c(C)n1NC(=O)Nc1ccccc1. The van der Waals surface area contributed by atoms with E-state index in [1.165, 1.54) is 9.58 Å². The molecule has 0 aliphatic heterocycles. The lowest BCUT2D eigenvalue weighted by atomic mass is 10.3. The molecule has 1 aromatic carbocycles. The Morgan fingerprint density at radius 3 is 2.44 bits per heavy atom. The number of para-hydroxylation sites is 1. The number of hydrogen-bond donors (Lipinski definition) is 2. The van der Waals surface area contributed by atoms with Crippen molar-refractivity contribution >= 4 is 23.6 Å². The Bertz CT molecular complexity index is 830. The zero-order valence-corrected chi connectivity index (χ0v) is 15.8. The number of rotatable bonds is 6. The van der Waals surface area contributed by atoms with E-state index < -0.39 is 12.0 Å². The van der Waals surface area contributed by atoms with Crippen molar-refractivity contribution in [3.8, 4) is 0 Å². The molecule has 9 nitrogen and oxygen atoms in total. The first kappa shape index (κ1) is 20.0. The number of imidazole rings is 1. The Kier molecular flexibility index (Phi) is 6.53. The number of carbonyl (C=O) groups excluding carboxylic acids is 3. The van der Waals surface area contributed by atoms with Gasteiger partial charge in [-0.3, -0.25) is 9.59 Å². The third-order valence-corrected chi connectivity index (χ3v) is 3.64. The molecule has 2 aromatic rings. The maximum atomic E-state index is 12.3. The predicted molar refractivity (Wildman–Crippen MR) is 100 cm³/mol. The van der Waals surface area contributed by atoms with Gasteiger partial charge in [0.2, 0.25) is 0 Å². The molecule has 9 heteroatoms. The molecule has 2 rings (SSSR count). The molecule has 0 fully saturated rings. The maximum absolute atomic E-state index is 12.3. The molecule has 0 saturated carbocycles. The fraction of sp³-hybridized carbons (Fsp3) is 0.333. The van der Waals surface area contributed by atoms with Crippen molar-refractivity contribution in [2.75, 3.05) is 31.4 Å². The van der Waals surface area contributed by atoms with Gasteiger partial charge < -0.3 is 15.0 Å². The summed E-state index contributed by atoms with van der Waals surface area (Å²) in [7, 11) is 3.20. The van der Waals surface area contributed by atoms with Crippen molar-refractivity contribution in [2.24, 2.45) is 0 Å². The van der Waals surface area contributed by atoms with Gasteiger partial charge in [-0.1, -0.05) is 18.2 Å². The van der Waals surface area contributed by atoms with Crippen LogP contribution in [0.25, 0.3) is 0 Å². The van der Waals surface area contributed by atoms with Crippen LogP contribution in [0.4, 0.5) is 10.5 Å². The van der Waals surface area contributed by atoms with Gasteiger partial charge in [-0.05, 0) is 26.0 Å². The van der Waals surface area contributed by atoms with Gasteiger partial charge in [0.1, 0.15) is 12.2 Å². The Morgan fingerprint density at radius 1 is 1.19 bits per heavy atom. The highest BCUT2D eigenvalue weighted by Gasteiger charge is 2.23. The molecule has 0 radical (unpaired) electrons. The zero-order valence-electron chi connectivity index (χ0n) is 15.8. The molecule has 0 atom stereocenters. The minimum Gasteiger partial charge on any atom is -0.466 e. The number of anilines is 1. The van der Waals surface area contributed by atoms with Crippen molar-refractivity contribution in [2.45, 2.75) is 20.3 Å². The number of urea groups is 1. The summed E-state index contributed by atoms with van der Waals surface area (Å²) >= 11 is 0. The molecule has 3 amide bonds. The van der Waals surface area contributed by atoms with Gasteiger partial charge in [0, 0.05) is 19.8 Å². The monoisotopic (exact) mass is 373 g/mol. The van der Waals surface area contributed by atoms with Gasteiger partial charge in [0.25, 0.3) is 5.91 Å². The van der Waals surface area contributed by atoms with E-state index in [-0.39, 0.29) is 30.5 Å². The van der Waals surface area contributed by atoms with E-state index in [1.807, 2.05) is 6.07 Å². The second kappa shape index (κ2) is 8.84. The van der Waals surface area contributed by atoms with Crippen LogP contribution in [0.1, 0.15) is 28.9 Å². The first-order chi connectivity index (χ1) is 12.8. The second-order valence-corrected chi connectivity index (χ2v) is 5.91. The molecular weight excluding hydrogens is 350 g/mol. The number of benzene rings is 1. The van der Waals surface area contributed by atoms with Crippen LogP contribution >= 0.6 is 0 Å². The predicted octanol–water partition coefficient (Wildman–Crippen LogP) is 1.77. The Hall–Kier alpha value is -3.36. The average molecular weight is 373 g/mol. The largest absolute Gasteiger partial charge is 0.466 e. The van der Waals surface area contributed by atoms with E-state index in [1.54, 1.807) is 52.2 Å². The van der Waals surface area contributed by atoms with Gasteiger partial charge in [0.15, 0.2) is 5.69 Å². The first-order valence-electron chi connectivity index (χ1n) is 8.42. The van der Waals surface area contributed by atoms with E-state index in [0.29, 0.717) is 11.4 Å². The molecule has 0 spiro atoms. The lowest BCUT2D eigenvalue weighted by Crippen LogP contribution is -2.31. The highest BCUT2D eigenvalue weighted by Crippen LogP contribution is 2.13. The number of aromatic nitrogens is 2. The van der Waals surface area contributed by atoms with Gasteiger partial charge in [-0.25, -0.2) is 19.9 Å². The molecule has 0 aliphatic carbocycles. The van der Waals surface area contributed by atoms with Crippen molar-refractivity contribution in [1.29, 1.82) is 0 Å². The van der Waals surface area contributed by atoms with Crippen LogP contribution < -0.4 is 10.7 Å². The number of amides is 3. The third-order valence-electron chi connectivity index (χ3n) is 3.64. The summed E-state index contributed by atoms with van der Waals surface area (Å²) in [6.45, 7) is 3.56. The first-order valence-corrected chi connectivity index (χ1v) is 8.42. The average Bonchev–Trinajstić information content (AvgIpc) is 2.91. The number of hydrogen-bond acceptors (Lipinski definition) is 5. The molecule has 27 heavy (non-hydrogen) atoms. The second-order valence-electron chi connectivity index (χ2n) is 5.91. The van der Waals surface area contributed by atoms with Crippen molar-refractivity contribution in [1.82, 2.24) is 14.6 Å². The topological polar surface area (TPSA) is 106 Å². The number of nitrogens with zero attached hydrogens (tertiary/aromatic N) is 3. The minimum absolute atomic E-state index is 0.152. The molecule has 144 valence electrons. The smallest absolute Gasteiger partial charge is 0.338 e. The fourth-order valence-electron chi connectivity index (χ4n) is 2.36. The van der Waals surface area contributed by atoms with Gasteiger partial charge >= 0.3 is 12.0 Å². The van der Waals surface area contributed by atoms with E-state index in [9.17, 15) is 14.4 Å². The molecule has 1 aromatic heterocycles. The highest BCUT2D eigenvalue weighted by molar-refractivity contribution is 5.96. The summed E-state index contributed by atoms with van der Waals surface area (Å²) in [5, 5.41) is 2.67. The Balaban J connectivity index is 2.29. The standard InChI is InChI=1S/C18H23N5O4/c1-5-27-15(24)11-14-20-16(17(25)22(3)4)12(2)23(14)21-18(26)19-13-9-7-6-8-10-13/h6-10H,5,11H2,1-4H3,(H2,19,21,26). The maximum Gasteiger partial charge on any atom is 0.338 e. The van der Waals surface area contributed by atoms with Crippen LogP contribution in [0, 0.1) is 6.92 Å². The van der Waals surface area contributed by atoms with Crippen LogP contribution in [0.3, 0.4) is 0 Å². The minimum atomic E-state index is -0.532. The molecule has 0 unspecified atom stereocenters. The van der Waals surface area contributed by atoms with Crippen molar-refractivity contribution in [3.05, 3.63) is 47.5 Å². The van der Waals surface area contributed by atoms with E-state index in [0.717, 1.165) is 0 Å². The summed E-state index contributed by atoms with van der Waals surface area (Å²) in [5.41, 5.74) is 3.78. The summed E-state index contributed by atoms with van der Waals surface area (Å²) in [4.78, 5) is 42.1. The molecule has 1 heterocycles. The van der Waals surface area contributed by atoms with Crippen LogP contribution in [-0.2, 0) is 16.0 Å². The van der Waals surface area contributed by atoms with E-state index >= 15 is 0 Å². The van der Waals surface area contributed by atoms with Gasteiger partial charge in [0.05, 0.1) is 12.3 Å². The summed E-state index contributed by atoms with van der Waals surface area (Å²) in [6.07, 6.45) is -0.180. The fourth-order valence-corrected chi connectivity index (χ4v) is 2.36. The molecule has 0 bridgehead atoms. The van der Waals surface area contributed by atoms with Crippen LogP contribution in [-0.4, -0.2) is 53.2 Å². The number of esters is 1. The summed E-state index contributed by atoms with van der Waals surface area (Å²) < 4.78 is 6.27. The lowest BCUT2D eigenvalue weighted by molar-refractivity contribution is -0.142. The highest BCUT2D eigenvalue weighted by atomic mass is 16.5. The lowest BCUT2D eigenvalue weighted by Gasteiger charge is -2.13. The van der Waals surface area contributed by atoms with Crippen molar-refractivity contribution < 1.29 is 19.1 Å². The zero-order chi connectivity index (χ0) is 20.0. The summed E-state index contributed by atoms with van der Waals surface area (Å²) in [6, 6.07) is 8.35. The van der Waals surface area contributed by atoms with Gasteiger partial charge in [-0.2, -0.15) is 0 Å².